The molecule has 0 unspecified atom stereocenters. The molecule has 0 spiro atoms. The van der Waals surface area contributed by atoms with Gasteiger partial charge < -0.3 is 14.6 Å². The van der Waals surface area contributed by atoms with Crippen molar-refractivity contribution >= 4 is 17.3 Å². The van der Waals surface area contributed by atoms with Crippen LogP contribution in [0.3, 0.4) is 0 Å². The Balaban J connectivity index is 1.94. The maximum Gasteiger partial charge on any atom is 0.224 e. The average molecular weight is 272 g/mol. The Morgan fingerprint density at radius 2 is 2.10 bits per heavy atom. The SMILES string of the molecule is Cc1cc(N(C)C)ccc1NC(=O)CCc1ccco1. The zero-order chi connectivity index (χ0) is 14.5. The van der Waals surface area contributed by atoms with Crippen LogP contribution < -0.4 is 10.2 Å². The lowest BCUT2D eigenvalue weighted by Crippen LogP contribution is -2.14. The van der Waals surface area contributed by atoms with Crippen LogP contribution in [0.1, 0.15) is 17.7 Å². The summed E-state index contributed by atoms with van der Waals surface area (Å²) in [6.45, 7) is 2.00. The van der Waals surface area contributed by atoms with E-state index >= 15 is 0 Å². The van der Waals surface area contributed by atoms with Crippen LogP contribution in [0.5, 0.6) is 0 Å². The van der Waals surface area contributed by atoms with Crippen molar-refractivity contribution in [3.05, 3.63) is 47.9 Å². The molecule has 4 heteroatoms. The molecule has 0 aliphatic heterocycles. The maximum absolute atomic E-state index is 11.9. The van der Waals surface area contributed by atoms with Crippen LogP contribution in [-0.4, -0.2) is 20.0 Å². The highest BCUT2D eigenvalue weighted by molar-refractivity contribution is 5.91. The molecule has 20 heavy (non-hydrogen) atoms. The van der Waals surface area contributed by atoms with Gasteiger partial charge in [0.25, 0.3) is 0 Å². The van der Waals surface area contributed by atoms with Gasteiger partial charge in [0, 0.05) is 38.3 Å². The highest BCUT2D eigenvalue weighted by atomic mass is 16.3. The first-order chi connectivity index (χ1) is 9.56. The van der Waals surface area contributed by atoms with Gasteiger partial charge in [-0.05, 0) is 42.8 Å². The standard InChI is InChI=1S/C16H20N2O2/c1-12-11-13(18(2)3)6-8-15(12)17-16(19)9-7-14-5-4-10-20-14/h4-6,8,10-11H,7,9H2,1-3H3,(H,17,19). The molecule has 0 radical (unpaired) electrons. The van der Waals surface area contributed by atoms with E-state index in [0.29, 0.717) is 12.8 Å². The third-order valence-electron chi connectivity index (χ3n) is 3.18. The number of anilines is 2. The molecular weight excluding hydrogens is 252 g/mol. The van der Waals surface area contributed by atoms with Gasteiger partial charge in [0.1, 0.15) is 5.76 Å². The topological polar surface area (TPSA) is 45.5 Å². The minimum absolute atomic E-state index is 0.00195. The summed E-state index contributed by atoms with van der Waals surface area (Å²) < 4.78 is 5.21. The summed E-state index contributed by atoms with van der Waals surface area (Å²) in [7, 11) is 3.99. The minimum atomic E-state index is 0.00195. The van der Waals surface area contributed by atoms with E-state index in [2.05, 4.69) is 11.4 Å². The van der Waals surface area contributed by atoms with E-state index in [-0.39, 0.29) is 5.91 Å². The Morgan fingerprint density at radius 3 is 2.70 bits per heavy atom. The molecule has 1 amide bonds. The minimum Gasteiger partial charge on any atom is -0.469 e. The Bertz CT molecular complexity index is 574. The molecule has 1 aromatic heterocycles. The van der Waals surface area contributed by atoms with Crippen LogP contribution in [0.2, 0.25) is 0 Å². The zero-order valence-corrected chi connectivity index (χ0v) is 12.1. The molecular formula is C16H20N2O2. The van der Waals surface area contributed by atoms with E-state index in [1.165, 1.54) is 0 Å². The Hall–Kier alpha value is -2.23. The summed E-state index contributed by atoms with van der Waals surface area (Å²) in [6.07, 6.45) is 2.66. The van der Waals surface area contributed by atoms with Gasteiger partial charge in [0.05, 0.1) is 6.26 Å². The largest absolute Gasteiger partial charge is 0.469 e. The van der Waals surface area contributed by atoms with Crippen molar-refractivity contribution < 1.29 is 9.21 Å². The van der Waals surface area contributed by atoms with E-state index in [9.17, 15) is 4.79 Å². The Morgan fingerprint density at radius 1 is 1.30 bits per heavy atom. The average Bonchev–Trinajstić information content (AvgIpc) is 2.91. The monoisotopic (exact) mass is 272 g/mol. The van der Waals surface area contributed by atoms with Gasteiger partial charge in [-0.2, -0.15) is 0 Å². The smallest absolute Gasteiger partial charge is 0.224 e. The number of carbonyl (C=O) groups is 1. The molecule has 1 heterocycles. The van der Waals surface area contributed by atoms with E-state index in [4.69, 9.17) is 4.42 Å². The van der Waals surface area contributed by atoms with Crippen LogP contribution >= 0.6 is 0 Å². The van der Waals surface area contributed by atoms with Crippen LogP contribution in [0.4, 0.5) is 11.4 Å². The van der Waals surface area contributed by atoms with Crippen LogP contribution in [0, 0.1) is 6.92 Å². The number of benzene rings is 1. The molecule has 0 fully saturated rings. The zero-order valence-electron chi connectivity index (χ0n) is 12.1. The third-order valence-corrected chi connectivity index (χ3v) is 3.18. The van der Waals surface area contributed by atoms with Crippen molar-refractivity contribution in [2.75, 3.05) is 24.3 Å². The number of carbonyl (C=O) groups excluding carboxylic acids is 1. The summed E-state index contributed by atoms with van der Waals surface area (Å²) in [5.41, 5.74) is 3.04. The number of nitrogens with zero attached hydrogens (tertiary/aromatic N) is 1. The molecule has 0 aliphatic rings. The highest BCUT2D eigenvalue weighted by Gasteiger charge is 2.07. The van der Waals surface area contributed by atoms with Gasteiger partial charge >= 0.3 is 0 Å². The fourth-order valence-electron chi connectivity index (χ4n) is 1.97. The molecule has 1 N–H and O–H groups in total. The number of hydrogen-bond donors (Lipinski definition) is 1. The second-order valence-electron chi connectivity index (χ2n) is 5.02. The molecule has 0 saturated heterocycles. The van der Waals surface area contributed by atoms with Crippen molar-refractivity contribution in [1.82, 2.24) is 0 Å². The van der Waals surface area contributed by atoms with Gasteiger partial charge in [0.15, 0.2) is 0 Å². The van der Waals surface area contributed by atoms with Crippen molar-refractivity contribution in [3.8, 4) is 0 Å². The van der Waals surface area contributed by atoms with Crippen molar-refractivity contribution in [3.63, 3.8) is 0 Å². The Labute approximate surface area is 119 Å². The molecule has 0 aliphatic carbocycles. The Kier molecular flexibility index (Phi) is 4.45. The van der Waals surface area contributed by atoms with E-state index in [1.807, 2.05) is 50.2 Å². The molecule has 2 aromatic rings. The number of furan rings is 1. The summed E-state index contributed by atoms with van der Waals surface area (Å²) in [4.78, 5) is 14.0. The van der Waals surface area contributed by atoms with Crippen LogP contribution in [0.25, 0.3) is 0 Å². The summed E-state index contributed by atoms with van der Waals surface area (Å²) in [6, 6.07) is 9.70. The number of aryl methyl sites for hydroxylation is 2. The number of amides is 1. The molecule has 0 saturated carbocycles. The van der Waals surface area contributed by atoms with E-state index in [1.54, 1.807) is 6.26 Å². The summed E-state index contributed by atoms with van der Waals surface area (Å²) in [5, 5.41) is 2.94. The number of hydrogen-bond acceptors (Lipinski definition) is 3. The summed E-state index contributed by atoms with van der Waals surface area (Å²) in [5.74, 6) is 0.835. The number of rotatable bonds is 5. The van der Waals surface area contributed by atoms with Crippen LogP contribution in [-0.2, 0) is 11.2 Å². The molecule has 0 bridgehead atoms. The molecule has 106 valence electrons. The predicted octanol–water partition coefficient (Wildman–Crippen LogP) is 3.23. The van der Waals surface area contributed by atoms with Gasteiger partial charge in [-0.15, -0.1) is 0 Å². The highest BCUT2D eigenvalue weighted by Crippen LogP contribution is 2.21. The fourth-order valence-corrected chi connectivity index (χ4v) is 1.97. The first kappa shape index (κ1) is 14.2. The molecule has 0 atom stereocenters. The van der Waals surface area contributed by atoms with Gasteiger partial charge in [-0.1, -0.05) is 0 Å². The van der Waals surface area contributed by atoms with E-state index in [0.717, 1.165) is 22.7 Å². The first-order valence-corrected chi connectivity index (χ1v) is 6.66. The van der Waals surface area contributed by atoms with Crippen molar-refractivity contribution in [2.24, 2.45) is 0 Å². The van der Waals surface area contributed by atoms with E-state index < -0.39 is 0 Å². The lowest BCUT2D eigenvalue weighted by molar-refractivity contribution is -0.116. The molecule has 2 rings (SSSR count). The summed E-state index contributed by atoms with van der Waals surface area (Å²) >= 11 is 0. The first-order valence-electron chi connectivity index (χ1n) is 6.66. The molecule has 1 aromatic carbocycles. The van der Waals surface area contributed by atoms with Crippen molar-refractivity contribution in [2.45, 2.75) is 19.8 Å². The molecule has 4 nitrogen and oxygen atoms in total. The lowest BCUT2D eigenvalue weighted by atomic mass is 10.1. The third kappa shape index (κ3) is 3.63. The second-order valence-corrected chi connectivity index (χ2v) is 5.02. The second kappa shape index (κ2) is 6.28. The van der Waals surface area contributed by atoms with Crippen LogP contribution in [0.15, 0.2) is 41.0 Å². The van der Waals surface area contributed by atoms with Crippen molar-refractivity contribution in [1.29, 1.82) is 0 Å². The predicted molar refractivity (Wildman–Crippen MR) is 81.2 cm³/mol. The van der Waals surface area contributed by atoms with Gasteiger partial charge in [-0.25, -0.2) is 0 Å². The maximum atomic E-state index is 11.9. The lowest BCUT2D eigenvalue weighted by Gasteiger charge is -2.15. The fraction of sp³-hybridized carbons (Fsp3) is 0.312. The number of nitrogens with one attached hydrogen (secondary N) is 1. The normalized spacial score (nSPS) is 10.3. The quantitative estimate of drug-likeness (QED) is 0.909. The van der Waals surface area contributed by atoms with Gasteiger partial charge in [-0.3, -0.25) is 4.79 Å². The van der Waals surface area contributed by atoms with Gasteiger partial charge in [0.2, 0.25) is 5.91 Å².